The lowest BCUT2D eigenvalue weighted by molar-refractivity contribution is 0.306. The van der Waals surface area contributed by atoms with Gasteiger partial charge >= 0.3 is 0 Å². The first-order chi connectivity index (χ1) is 53.7. The van der Waals surface area contributed by atoms with Crippen LogP contribution in [0.2, 0.25) is 0 Å². The standard InChI is InChI=1S/C102H76F4N2O2/c1-7-69-17-21-71(22-18-69)63-109-87-49-29-75(30-50-87)101(73-25-33-77(103)34-26-73)97-15-11-9-13-91(97)93-55-47-85(61-99(93)101)107(81-41-37-79(105)38-42-81)83-45-53-89(65(3)57-83)95-59-68(6)96(60-67(95)5)90-54-46-84(58-66(90)4)108(82-43-39-80(106)40-44-82)86-48-56-94-92-14-10-12-16-98(92)102(100(94)62-86,74-27-35-78(104)36-28-74)76-31-51-88(52-32-76)110-64-72-23-19-70(8-2)20-24-72/h7-62H,1-2,63-64H2,3-6H3. The second-order valence-electron chi connectivity index (χ2n) is 28.7. The van der Waals surface area contributed by atoms with Crippen molar-refractivity contribution in [2.24, 2.45) is 0 Å². The molecule has 17 rings (SSSR count). The number of anilines is 6. The molecule has 534 valence electrons. The van der Waals surface area contributed by atoms with Crippen LogP contribution in [-0.4, -0.2) is 0 Å². The third-order valence-electron chi connectivity index (χ3n) is 22.2. The molecule has 2 aliphatic rings. The molecule has 0 aliphatic heterocycles. The van der Waals surface area contributed by atoms with Gasteiger partial charge in [-0.05, 0) is 307 Å². The minimum absolute atomic E-state index is 0.326. The van der Waals surface area contributed by atoms with Gasteiger partial charge in [0.05, 0.1) is 10.8 Å². The molecule has 0 fully saturated rings. The number of hydrogen-bond donors (Lipinski definition) is 0. The van der Waals surface area contributed by atoms with E-state index in [4.69, 9.17) is 9.47 Å². The quantitative estimate of drug-likeness (QED) is 0.0710. The van der Waals surface area contributed by atoms with Crippen LogP contribution < -0.4 is 19.3 Å². The Hall–Kier alpha value is -13.3. The summed E-state index contributed by atoms with van der Waals surface area (Å²) in [6, 6.07) is 108. The number of ether oxygens (including phenoxy) is 2. The molecular formula is C102H76F4N2O2. The molecule has 0 amide bonds. The summed E-state index contributed by atoms with van der Waals surface area (Å²) >= 11 is 0. The predicted molar refractivity (Wildman–Crippen MR) is 442 cm³/mol. The van der Waals surface area contributed by atoms with E-state index >= 15 is 17.6 Å². The molecule has 0 spiro atoms. The lowest BCUT2D eigenvalue weighted by atomic mass is 9.67. The fourth-order valence-corrected chi connectivity index (χ4v) is 16.9. The molecule has 0 aromatic heterocycles. The first-order valence-corrected chi connectivity index (χ1v) is 37.0. The Morgan fingerprint density at radius 3 is 0.891 bits per heavy atom. The van der Waals surface area contributed by atoms with Crippen LogP contribution in [-0.2, 0) is 24.0 Å². The minimum atomic E-state index is -0.887. The molecule has 2 aliphatic carbocycles. The van der Waals surface area contributed by atoms with E-state index in [1.165, 1.54) is 48.5 Å². The van der Waals surface area contributed by atoms with Crippen molar-refractivity contribution in [3.05, 3.63) is 453 Å². The highest BCUT2D eigenvalue weighted by atomic mass is 19.1. The number of fused-ring (bicyclic) bond motifs is 6. The number of benzene rings is 15. The minimum Gasteiger partial charge on any atom is -0.489 e. The highest BCUT2D eigenvalue weighted by molar-refractivity contribution is 5.93. The van der Waals surface area contributed by atoms with E-state index in [0.29, 0.717) is 13.2 Å². The third-order valence-corrected chi connectivity index (χ3v) is 22.2. The lowest BCUT2D eigenvalue weighted by Gasteiger charge is -2.35. The number of hydrogen-bond acceptors (Lipinski definition) is 4. The van der Waals surface area contributed by atoms with Crippen molar-refractivity contribution in [1.82, 2.24) is 0 Å². The molecule has 0 bridgehead atoms. The molecule has 15 aromatic rings. The molecule has 8 heteroatoms. The van der Waals surface area contributed by atoms with Crippen LogP contribution in [0.1, 0.15) is 89.0 Å². The number of rotatable bonds is 20. The largest absolute Gasteiger partial charge is 0.489 e. The van der Waals surface area contributed by atoms with E-state index in [9.17, 15) is 0 Å². The Labute approximate surface area is 640 Å². The second-order valence-corrected chi connectivity index (χ2v) is 28.7. The van der Waals surface area contributed by atoms with Crippen molar-refractivity contribution in [1.29, 1.82) is 0 Å². The summed E-state index contributed by atoms with van der Waals surface area (Å²) in [5.41, 5.74) is 28.3. The van der Waals surface area contributed by atoms with Crippen LogP contribution in [0.5, 0.6) is 11.5 Å². The third kappa shape index (κ3) is 12.4. The smallest absolute Gasteiger partial charge is 0.123 e. The van der Waals surface area contributed by atoms with Gasteiger partial charge in [0.15, 0.2) is 0 Å². The summed E-state index contributed by atoms with van der Waals surface area (Å²) in [6.45, 7) is 17.2. The molecule has 15 aromatic carbocycles. The average Bonchev–Trinajstić information content (AvgIpc) is 1.53. The van der Waals surface area contributed by atoms with E-state index < -0.39 is 10.8 Å². The Balaban J connectivity index is 0.708. The maximum Gasteiger partial charge on any atom is 0.123 e. The van der Waals surface area contributed by atoms with Crippen LogP contribution in [0.25, 0.3) is 56.7 Å². The van der Waals surface area contributed by atoms with Crippen LogP contribution >= 0.6 is 0 Å². The molecule has 2 unspecified atom stereocenters. The number of halogens is 4. The Bertz CT molecular complexity index is 5640. The maximum atomic E-state index is 15.2. The highest BCUT2D eigenvalue weighted by Crippen LogP contribution is 2.60. The van der Waals surface area contributed by atoms with Crippen molar-refractivity contribution in [3.8, 4) is 56.0 Å². The first-order valence-electron chi connectivity index (χ1n) is 37.0. The van der Waals surface area contributed by atoms with E-state index in [-0.39, 0.29) is 23.3 Å². The Kier molecular flexibility index (Phi) is 18.2. The zero-order valence-electron chi connectivity index (χ0n) is 61.4. The Morgan fingerprint density at radius 2 is 0.555 bits per heavy atom. The summed E-state index contributed by atoms with van der Waals surface area (Å²) in [7, 11) is 0. The van der Waals surface area contributed by atoms with E-state index in [2.05, 4.69) is 208 Å². The molecule has 0 saturated heterocycles. The summed E-state index contributed by atoms with van der Waals surface area (Å²) < 4.78 is 73.2. The second kappa shape index (κ2) is 28.8. The molecule has 110 heavy (non-hydrogen) atoms. The Morgan fingerprint density at radius 1 is 0.273 bits per heavy atom. The summed E-state index contributed by atoms with van der Waals surface area (Å²) in [5, 5.41) is 0. The zero-order valence-corrected chi connectivity index (χ0v) is 61.4. The van der Waals surface area contributed by atoms with Gasteiger partial charge in [-0.1, -0.05) is 207 Å². The fraction of sp³-hybridized carbons (Fsp3) is 0.0784. The molecule has 0 heterocycles. The topological polar surface area (TPSA) is 24.9 Å². The van der Waals surface area contributed by atoms with E-state index in [1.807, 2.05) is 133 Å². The van der Waals surface area contributed by atoms with Crippen LogP contribution in [0.4, 0.5) is 51.7 Å². The van der Waals surface area contributed by atoms with Crippen molar-refractivity contribution in [3.63, 3.8) is 0 Å². The van der Waals surface area contributed by atoms with Gasteiger partial charge in [-0.2, -0.15) is 0 Å². The van der Waals surface area contributed by atoms with Crippen molar-refractivity contribution in [2.45, 2.75) is 51.7 Å². The van der Waals surface area contributed by atoms with Gasteiger partial charge in [0.1, 0.15) is 48.0 Å². The van der Waals surface area contributed by atoms with E-state index in [1.54, 1.807) is 0 Å². The van der Waals surface area contributed by atoms with Gasteiger partial charge in [0, 0.05) is 34.1 Å². The van der Waals surface area contributed by atoms with Crippen molar-refractivity contribution < 1.29 is 27.0 Å². The number of nitrogens with zero attached hydrogens (tertiary/aromatic N) is 2. The van der Waals surface area contributed by atoms with Gasteiger partial charge in [-0.3, -0.25) is 0 Å². The molecule has 0 radical (unpaired) electrons. The lowest BCUT2D eigenvalue weighted by Crippen LogP contribution is -2.29. The summed E-state index contributed by atoms with van der Waals surface area (Å²) in [4.78, 5) is 4.37. The summed E-state index contributed by atoms with van der Waals surface area (Å²) in [6.07, 6.45) is 3.65. The first kappa shape index (κ1) is 69.7. The monoisotopic (exact) mass is 1440 g/mol. The van der Waals surface area contributed by atoms with E-state index in [0.717, 1.165) is 179 Å². The van der Waals surface area contributed by atoms with Crippen LogP contribution in [0.15, 0.2) is 341 Å². The van der Waals surface area contributed by atoms with Crippen LogP contribution in [0.3, 0.4) is 0 Å². The van der Waals surface area contributed by atoms with Gasteiger partial charge in [-0.25, -0.2) is 17.6 Å². The zero-order chi connectivity index (χ0) is 75.4. The van der Waals surface area contributed by atoms with Crippen molar-refractivity contribution >= 4 is 46.3 Å². The molecule has 4 nitrogen and oxygen atoms in total. The normalized spacial score (nSPS) is 14.4. The van der Waals surface area contributed by atoms with Gasteiger partial charge in [-0.15, -0.1) is 0 Å². The summed E-state index contributed by atoms with van der Waals surface area (Å²) in [5.74, 6) is 0.104. The maximum absolute atomic E-state index is 15.2. The van der Waals surface area contributed by atoms with Gasteiger partial charge in [0.2, 0.25) is 0 Å². The van der Waals surface area contributed by atoms with Gasteiger partial charge in [0.25, 0.3) is 0 Å². The molecule has 0 N–H and O–H groups in total. The highest BCUT2D eigenvalue weighted by Gasteiger charge is 2.48. The molecule has 0 saturated carbocycles. The SMILES string of the molecule is C=Cc1ccc(COc2ccc(C3(c4ccc(F)cc4)c4ccccc4-c4ccc(N(c5ccc(F)cc5)c5ccc(-c6cc(C)c(-c7ccc(N(c8ccc(F)cc8)c8ccc9c(c8)C(c8ccc(F)cc8)(c8ccc(OCc%10ccc(C=C)cc%10)cc8)c8ccccc8-9)cc7C)cc6C)c(C)c5)cc43)cc2)cc1. The predicted octanol–water partition coefficient (Wildman–Crippen LogP) is 26.9. The van der Waals surface area contributed by atoms with Crippen molar-refractivity contribution in [2.75, 3.05) is 9.80 Å². The average molecular weight is 1440 g/mol. The van der Waals surface area contributed by atoms with Crippen LogP contribution in [0, 0.1) is 51.0 Å². The van der Waals surface area contributed by atoms with Gasteiger partial charge < -0.3 is 19.3 Å². The number of aryl methyl sites for hydroxylation is 4. The molecular weight excluding hydrogens is 1360 g/mol. The molecule has 2 atom stereocenters. The fourth-order valence-electron chi connectivity index (χ4n) is 16.9.